The standard InChI is InChI=1S/C24H21FN4O2S/c1-13(30)26-14-10-11-17(25)16(12-14)23(31)29-24-21(15-6-2-5-9-20(15)32-24)22-27-18-7-3-4-8-19(18)28-22/h3-4,7-8,10-12H,2,5-6,9H2,1H3,(H,26,30)(H,27,28)(H,29,31). The number of aromatic nitrogens is 2. The van der Waals surface area contributed by atoms with Gasteiger partial charge >= 0.3 is 0 Å². The van der Waals surface area contributed by atoms with Crippen molar-refractivity contribution in [2.24, 2.45) is 0 Å². The van der Waals surface area contributed by atoms with Crippen LogP contribution in [0.15, 0.2) is 42.5 Å². The van der Waals surface area contributed by atoms with Crippen molar-refractivity contribution in [2.75, 3.05) is 10.6 Å². The van der Waals surface area contributed by atoms with Crippen LogP contribution in [0.1, 0.15) is 40.6 Å². The Kier molecular flexibility index (Phi) is 5.22. The van der Waals surface area contributed by atoms with Crippen molar-refractivity contribution in [1.29, 1.82) is 0 Å². The summed E-state index contributed by atoms with van der Waals surface area (Å²) >= 11 is 1.53. The number of amides is 2. The molecular weight excluding hydrogens is 427 g/mol. The van der Waals surface area contributed by atoms with Gasteiger partial charge in [-0.15, -0.1) is 11.3 Å². The molecule has 1 aliphatic rings. The van der Waals surface area contributed by atoms with E-state index < -0.39 is 11.7 Å². The summed E-state index contributed by atoms with van der Waals surface area (Å²) in [5, 5.41) is 6.16. The van der Waals surface area contributed by atoms with E-state index in [1.165, 1.54) is 46.9 Å². The highest BCUT2D eigenvalue weighted by Crippen LogP contribution is 2.44. The third-order valence-corrected chi connectivity index (χ3v) is 6.76. The maximum atomic E-state index is 14.5. The molecule has 3 N–H and O–H groups in total. The quantitative estimate of drug-likeness (QED) is 0.384. The minimum atomic E-state index is -0.650. The number of fused-ring (bicyclic) bond motifs is 2. The van der Waals surface area contributed by atoms with Crippen molar-refractivity contribution < 1.29 is 14.0 Å². The number of benzene rings is 2. The normalized spacial score (nSPS) is 13.1. The average Bonchev–Trinajstić information content (AvgIpc) is 3.35. The van der Waals surface area contributed by atoms with E-state index in [1.807, 2.05) is 24.3 Å². The zero-order chi connectivity index (χ0) is 22.2. The number of aryl methyl sites for hydroxylation is 1. The molecule has 0 saturated heterocycles. The Labute approximate surface area is 187 Å². The lowest BCUT2D eigenvalue weighted by atomic mass is 9.95. The van der Waals surface area contributed by atoms with Crippen LogP contribution in [-0.2, 0) is 17.6 Å². The number of halogens is 1. The fourth-order valence-electron chi connectivity index (χ4n) is 4.13. The molecule has 0 unspecified atom stereocenters. The van der Waals surface area contributed by atoms with Crippen molar-refractivity contribution in [3.05, 3.63) is 64.3 Å². The monoisotopic (exact) mass is 448 g/mol. The number of hydrogen-bond donors (Lipinski definition) is 3. The Hall–Kier alpha value is -3.52. The van der Waals surface area contributed by atoms with Crippen LogP contribution in [0.5, 0.6) is 0 Å². The van der Waals surface area contributed by atoms with E-state index in [0.717, 1.165) is 42.3 Å². The number of carbonyl (C=O) groups is 2. The third-order valence-electron chi connectivity index (χ3n) is 5.56. The van der Waals surface area contributed by atoms with E-state index in [0.29, 0.717) is 16.5 Å². The molecule has 32 heavy (non-hydrogen) atoms. The number of imidazole rings is 1. The van der Waals surface area contributed by atoms with Gasteiger partial charge in [-0.05, 0) is 61.6 Å². The molecule has 162 valence electrons. The molecule has 0 fully saturated rings. The topological polar surface area (TPSA) is 86.9 Å². The third kappa shape index (κ3) is 3.78. The Morgan fingerprint density at radius 2 is 1.91 bits per heavy atom. The van der Waals surface area contributed by atoms with Crippen LogP contribution < -0.4 is 10.6 Å². The van der Waals surface area contributed by atoms with Crippen LogP contribution in [0.3, 0.4) is 0 Å². The van der Waals surface area contributed by atoms with Gasteiger partial charge in [0.05, 0.1) is 22.2 Å². The Morgan fingerprint density at radius 3 is 2.72 bits per heavy atom. The van der Waals surface area contributed by atoms with Crippen LogP contribution in [0, 0.1) is 5.82 Å². The molecule has 1 aliphatic carbocycles. The molecule has 0 aliphatic heterocycles. The van der Waals surface area contributed by atoms with Gasteiger partial charge < -0.3 is 15.6 Å². The molecule has 0 saturated carbocycles. The first-order chi connectivity index (χ1) is 15.5. The minimum absolute atomic E-state index is 0.127. The molecule has 5 rings (SSSR count). The number of nitrogens with zero attached hydrogens (tertiary/aromatic N) is 1. The van der Waals surface area contributed by atoms with Gasteiger partial charge in [-0.3, -0.25) is 9.59 Å². The van der Waals surface area contributed by atoms with E-state index >= 15 is 0 Å². The predicted molar refractivity (Wildman–Crippen MR) is 125 cm³/mol. The van der Waals surface area contributed by atoms with Crippen LogP contribution in [0.2, 0.25) is 0 Å². The van der Waals surface area contributed by atoms with Crippen LogP contribution in [0.25, 0.3) is 22.4 Å². The molecule has 0 radical (unpaired) electrons. The van der Waals surface area contributed by atoms with Gasteiger partial charge in [0.25, 0.3) is 5.91 Å². The molecule has 8 heteroatoms. The van der Waals surface area contributed by atoms with E-state index in [1.54, 1.807) is 0 Å². The first kappa shape index (κ1) is 20.4. The second-order valence-corrected chi connectivity index (χ2v) is 8.95. The molecular formula is C24H21FN4O2S. The summed E-state index contributed by atoms with van der Waals surface area (Å²) in [6, 6.07) is 11.7. The molecule has 2 aromatic heterocycles. The van der Waals surface area contributed by atoms with Gasteiger partial charge in [0.1, 0.15) is 16.6 Å². The molecule has 0 bridgehead atoms. The Morgan fingerprint density at radius 1 is 1.09 bits per heavy atom. The molecule has 2 aromatic carbocycles. The SMILES string of the molecule is CC(=O)Nc1ccc(F)c(C(=O)Nc2sc3c(c2-c2nc4ccccc4[nH]2)CCCC3)c1. The molecule has 2 amide bonds. The number of nitrogens with one attached hydrogen (secondary N) is 3. The fourth-order valence-corrected chi connectivity index (χ4v) is 5.41. The number of anilines is 2. The summed E-state index contributed by atoms with van der Waals surface area (Å²) in [7, 11) is 0. The molecule has 4 aromatic rings. The summed E-state index contributed by atoms with van der Waals surface area (Å²) in [4.78, 5) is 33.7. The molecule has 0 atom stereocenters. The van der Waals surface area contributed by atoms with Gasteiger partial charge in [0, 0.05) is 17.5 Å². The minimum Gasteiger partial charge on any atom is -0.338 e. The summed E-state index contributed by atoms with van der Waals surface area (Å²) < 4.78 is 14.5. The van der Waals surface area contributed by atoms with E-state index in [-0.39, 0.29) is 11.5 Å². The lowest BCUT2D eigenvalue weighted by Crippen LogP contribution is -2.15. The average molecular weight is 449 g/mol. The number of para-hydroxylation sites is 2. The smallest absolute Gasteiger partial charge is 0.259 e. The van der Waals surface area contributed by atoms with Gasteiger partial charge in [-0.2, -0.15) is 0 Å². The van der Waals surface area contributed by atoms with E-state index in [4.69, 9.17) is 4.98 Å². The maximum Gasteiger partial charge on any atom is 0.259 e. The van der Waals surface area contributed by atoms with Gasteiger partial charge in [0.2, 0.25) is 5.91 Å². The highest BCUT2D eigenvalue weighted by Gasteiger charge is 2.26. The van der Waals surface area contributed by atoms with Gasteiger partial charge in [-0.25, -0.2) is 9.37 Å². The van der Waals surface area contributed by atoms with E-state index in [9.17, 15) is 14.0 Å². The van der Waals surface area contributed by atoms with Crippen molar-refractivity contribution in [1.82, 2.24) is 9.97 Å². The zero-order valence-corrected chi connectivity index (χ0v) is 18.2. The Balaban J connectivity index is 1.55. The van der Waals surface area contributed by atoms with Crippen molar-refractivity contribution >= 4 is 44.9 Å². The predicted octanol–water partition coefficient (Wildman–Crippen LogP) is 5.52. The van der Waals surface area contributed by atoms with Crippen molar-refractivity contribution in [2.45, 2.75) is 32.6 Å². The highest BCUT2D eigenvalue weighted by atomic mass is 32.1. The number of hydrogen-bond acceptors (Lipinski definition) is 4. The second kappa shape index (κ2) is 8.20. The molecule has 0 spiro atoms. The first-order valence-electron chi connectivity index (χ1n) is 10.5. The van der Waals surface area contributed by atoms with Crippen molar-refractivity contribution in [3.63, 3.8) is 0 Å². The molecule has 6 nitrogen and oxygen atoms in total. The number of H-pyrrole nitrogens is 1. The lowest BCUT2D eigenvalue weighted by molar-refractivity contribution is -0.114. The van der Waals surface area contributed by atoms with Crippen LogP contribution in [0.4, 0.5) is 15.1 Å². The zero-order valence-electron chi connectivity index (χ0n) is 17.4. The summed E-state index contributed by atoms with van der Waals surface area (Å²) in [5.74, 6) is -0.802. The van der Waals surface area contributed by atoms with Gasteiger partial charge in [-0.1, -0.05) is 12.1 Å². The highest BCUT2D eigenvalue weighted by molar-refractivity contribution is 7.17. The lowest BCUT2D eigenvalue weighted by Gasteiger charge is -2.12. The largest absolute Gasteiger partial charge is 0.338 e. The number of carbonyl (C=O) groups excluding carboxylic acids is 2. The summed E-state index contributed by atoms with van der Waals surface area (Å²) in [5.41, 5.74) is 4.09. The molecule has 2 heterocycles. The van der Waals surface area contributed by atoms with E-state index in [2.05, 4.69) is 15.6 Å². The summed E-state index contributed by atoms with van der Waals surface area (Å²) in [6.07, 6.45) is 4.06. The Bertz CT molecular complexity index is 1320. The van der Waals surface area contributed by atoms with Crippen LogP contribution >= 0.6 is 11.3 Å². The van der Waals surface area contributed by atoms with Gasteiger partial charge in [0.15, 0.2) is 0 Å². The van der Waals surface area contributed by atoms with Crippen LogP contribution in [-0.4, -0.2) is 21.8 Å². The number of rotatable bonds is 4. The summed E-state index contributed by atoms with van der Waals surface area (Å²) in [6.45, 7) is 1.36. The number of thiophene rings is 1. The first-order valence-corrected chi connectivity index (χ1v) is 11.3. The number of aromatic amines is 1. The second-order valence-electron chi connectivity index (χ2n) is 7.85. The maximum absolute atomic E-state index is 14.5. The van der Waals surface area contributed by atoms with Crippen molar-refractivity contribution in [3.8, 4) is 11.4 Å². The fraction of sp³-hybridized carbons (Fsp3) is 0.208.